The van der Waals surface area contributed by atoms with E-state index in [4.69, 9.17) is 11.6 Å². The fourth-order valence-corrected chi connectivity index (χ4v) is 2.52. The maximum atomic E-state index is 12.6. The van der Waals surface area contributed by atoms with Crippen LogP contribution in [0.3, 0.4) is 0 Å². The molecule has 0 bridgehead atoms. The zero-order valence-corrected chi connectivity index (χ0v) is 11.7. The molecule has 0 aliphatic rings. The number of hydrogen-bond acceptors (Lipinski definition) is 3. The van der Waals surface area contributed by atoms with E-state index in [9.17, 15) is 18.3 Å². The van der Waals surface area contributed by atoms with Crippen LogP contribution in [0.5, 0.6) is 0 Å². The second-order valence-electron chi connectivity index (χ2n) is 4.10. The highest BCUT2D eigenvalue weighted by Gasteiger charge is 2.31. The molecule has 0 saturated heterocycles. The number of halogens is 4. The predicted octanol–water partition coefficient (Wildman–Crippen LogP) is 4.57. The molecule has 1 heterocycles. The van der Waals surface area contributed by atoms with Crippen molar-refractivity contribution in [2.24, 2.45) is 0 Å². The summed E-state index contributed by atoms with van der Waals surface area (Å²) in [4.78, 5) is 0.737. The van der Waals surface area contributed by atoms with Gasteiger partial charge in [0, 0.05) is 11.4 Å². The predicted molar refractivity (Wildman–Crippen MR) is 74.2 cm³/mol. The lowest BCUT2D eigenvalue weighted by Crippen LogP contribution is -2.12. The number of rotatable bonds is 4. The fraction of sp³-hybridized carbons (Fsp3) is 0.231. The van der Waals surface area contributed by atoms with Crippen LogP contribution in [0.15, 0.2) is 35.7 Å². The van der Waals surface area contributed by atoms with Crippen molar-refractivity contribution in [3.8, 4) is 0 Å². The highest BCUT2D eigenvalue weighted by atomic mass is 35.5. The number of anilines is 1. The van der Waals surface area contributed by atoms with Crippen LogP contribution in [0, 0.1) is 0 Å². The molecular formula is C13H11ClF3NOS. The van der Waals surface area contributed by atoms with Crippen molar-refractivity contribution in [1.82, 2.24) is 0 Å². The first-order valence-corrected chi connectivity index (χ1v) is 6.96. The van der Waals surface area contributed by atoms with E-state index >= 15 is 0 Å². The number of thiophene rings is 1. The average Bonchev–Trinajstić information content (AvgIpc) is 2.90. The Morgan fingerprint density at radius 3 is 2.65 bits per heavy atom. The standard InChI is InChI=1S/C13H11ClF3NOS/c14-9-4-3-8(13(15,16)17)6-10(9)18-7-11(19)12-2-1-5-20-12/h1-6,11,18-19H,7H2. The van der Waals surface area contributed by atoms with Gasteiger partial charge in [-0.3, -0.25) is 0 Å². The summed E-state index contributed by atoms with van der Waals surface area (Å²) in [7, 11) is 0. The van der Waals surface area contributed by atoms with Crippen molar-refractivity contribution >= 4 is 28.6 Å². The van der Waals surface area contributed by atoms with Crippen molar-refractivity contribution in [2.45, 2.75) is 12.3 Å². The molecule has 20 heavy (non-hydrogen) atoms. The molecule has 2 N–H and O–H groups in total. The number of hydrogen-bond donors (Lipinski definition) is 2. The highest BCUT2D eigenvalue weighted by Crippen LogP contribution is 2.34. The molecule has 1 unspecified atom stereocenters. The van der Waals surface area contributed by atoms with E-state index in [0.29, 0.717) is 0 Å². The van der Waals surface area contributed by atoms with Gasteiger partial charge >= 0.3 is 6.18 Å². The van der Waals surface area contributed by atoms with Gasteiger partial charge in [-0.25, -0.2) is 0 Å². The second kappa shape index (κ2) is 6.03. The summed E-state index contributed by atoms with van der Waals surface area (Å²) in [5.41, 5.74) is -0.632. The number of alkyl halides is 3. The first kappa shape index (κ1) is 15.2. The van der Waals surface area contributed by atoms with Crippen LogP contribution in [0.1, 0.15) is 16.5 Å². The van der Waals surface area contributed by atoms with Gasteiger partial charge in [0.15, 0.2) is 0 Å². The molecule has 1 aromatic carbocycles. The average molecular weight is 322 g/mol. The summed E-state index contributed by atoms with van der Waals surface area (Å²) in [6.07, 6.45) is -5.21. The molecule has 0 fully saturated rings. The highest BCUT2D eigenvalue weighted by molar-refractivity contribution is 7.10. The number of nitrogens with one attached hydrogen (secondary N) is 1. The summed E-state index contributed by atoms with van der Waals surface area (Å²) >= 11 is 7.22. The van der Waals surface area contributed by atoms with Crippen LogP contribution in [-0.4, -0.2) is 11.7 Å². The van der Waals surface area contributed by atoms with Crippen molar-refractivity contribution < 1.29 is 18.3 Å². The molecule has 2 nitrogen and oxygen atoms in total. The molecule has 7 heteroatoms. The Morgan fingerprint density at radius 2 is 2.05 bits per heavy atom. The van der Waals surface area contributed by atoms with E-state index in [-0.39, 0.29) is 17.3 Å². The maximum absolute atomic E-state index is 12.6. The van der Waals surface area contributed by atoms with Crippen molar-refractivity contribution in [3.05, 3.63) is 51.2 Å². The molecule has 0 spiro atoms. The van der Waals surface area contributed by atoms with Crippen molar-refractivity contribution in [3.63, 3.8) is 0 Å². The maximum Gasteiger partial charge on any atom is 0.416 e. The molecule has 2 rings (SSSR count). The second-order valence-corrected chi connectivity index (χ2v) is 5.49. The van der Waals surface area contributed by atoms with Gasteiger partial charge in [0.1, 0.15) is 6.10 Å². The Labute approximate surface area is 122 Å². The monoisotopic (exact) mass is 321 g/mol. The first-order valence-electron chi connectivity index (χ1n) is 5.70. The molecule has 0 saturated carbocycles. The normalized spacial score (nSPS) is 13.2. The fourth-order valence-electron chi connectivity index (χ4n) is 1.63. The van der Waals surface area contributed by atoms with E-state index < -0.39 is 17.8 Å². The van der Waals surface area contributed by atoms with Crippen molar-refractivity contribution in [2.75, 3.05) is 11.9 Å². The first-order chi connectivity index (χ1) is 9.38. The summed E-state index contributed by atoms with van der Waals surface area (Å²) in [6.45, 7) is 0.0849. The third kappa shape index (κ3) is 3.65. The van der Waals surface area contributed by atoms with Gasteiger partial charge in [0.2, 0.25) is 0 Å². The molecule has 0 radical (unpaired) electrons. The van der Waals surface area contributed by atoms with Crippen LogP contribution in [0.4, 0.5) is 18.9 Å². The quantitative estimate of drug-likeness (QED) is 0.865. The number of aliphatic hydroxyl groups excluding tert-OH is 1. The number of benzene rings is 1. The zero-order chi connectivity index (χ0) is 14.8. The van der Waals surface area contributed by atoms with Crippen LogP contribution < -0.4 is 5.32 Å². The summed E-state index contributed by atoms with van der Waals surface area (Å²) in [5, 5.41) is 14.6. The molecule has 0 aliphatic heterocycles. The van der Waals surface area contributed by atoms with Crippen LogP contribution in [0.25, 0.3) is 0 Å². The lowest BCUT2D eigenvalue weighted by Gasteiger charge is -2.14. The van der Waals surface area contributed by atoms with E-state index in [2.05, 4.69) is 5.32 Å². The van der Waals surface area contributed by atoms with Crippen LogP contribution in [-0.2, 0) is 6.18 Å². The van der Waals surface area contributed by atoms with Crippen LogP contribution >= 0.6 is 22.9 Å². The minimum absolute atomic E-state index is 0.0849. The van der Waals surface area contributed by atoms with Gasteiger partial charge in [0.25, 0.3) is 0 Å². The SMILES string of the molecule is OC(CNc1cc(C(F)(F)F)ccc1Cl)c1cccs1. The summed E-state index contributed by atoms with van der Waals surface area (Å²) in [5.74, 6) is 0. The van der Waals surface area contributed by atoms with E-state index in [1.165, 1.54) is 17.4 Å². The third-order valence-electron chi connectivity index (χ3n) is 2.65. The molecule has 1 aromatic heterocycles. The topological polar surface area (TPSA) is 32.3 Å². The van der Waals surface area contributed by atoms with Gasteiger partial charge in [0.05, 0.1) is 16.3 Å². The van der Waals surface area contributed by atoms with Crippen LogP contribution in [0.2, 0.25) is 5.02 Å². The Hall–Kier alpha value is -1.24. The van der Waals surface area contributed by atoms with Crippen molar-refractivity contribution in [1.29, 1.82) is 0 Å². The van der Waals surface area contributed by atoms with E-state index in [1.54, 1.807) is 12.1 Å². The van der Waals surface area contributed by atoms with Gasteiger partial charge in [-0.15, -0.1) is 11.3 Å². The molecule has 1 atom stereocenters. The lowest BCUT2D eigenvalue weighted by molar-refractivity contribution is -0.137. The largest absolute Gasteiger partial charge is 0.416 e. The smallest absolute Gasteiger partial charge is 0.386 e. The van der Waals surface area contributed by atoms with E-state index in [0.717, 1.165) is 17.0 Å². The van der Waals surface area contributed by atoms with Gasteiger partial charge < -0.3 is 10.4 Å². The van der Waals surface area contributed by atoms with Gasteiger partial charge in [-0.1, -0.05) is 17.7 Å². The Bertz CT molecular complexity index is 571. The molecular weight excluding hydrogens is 311 g/mol. The Balaban J connectivity index is 2.09. The summed E-state index contributed by atoms with van der Waals surface area (Å²) in [6, 6.07) is 6.59. The molecule has 0 aliphatic carbocycles. The Kier molecular flexibility index (Phi) is 4.57. The van der Waals surface area contributed by atoms with Gasteiger partial charge in [-0.2, -0.15) is 13.2 Å². The lowest BCUT2D eigenvalue weighted by atomic mass is 10.2. The molecule has 2 aromatic rings. The number of aliphatic hydroxyl groups is 1. The summed E-state index contributed by atoms with van der Waals surface area (Å²) < 4.78 is 37.8. The minimum Gasteiger partial charge on any atom is -0.386 e. The van der Waals surface area contributed by atoms with Gasteiger partial charge in [-0.05, 0) is 29.6 Å². The minimum atomic E-state index is -4.42. The molecule has 108 valence electrons. The zero-order valence-electron chi connectivity index (χ0n) is 10.1. The van der Waals surface area contributed by atoms with E-state index in [1.807, 2.05) is 5.38 Å². The Morgan fingerprint density at radius 1 is 1.30 bits per heavy atom. The molecule has 0 amide bonds. The third-order valence-corrected chi connectivity index (χ3v) is 3.95.